The maximum absolute atomic E-state index is 13.5. The van der Waals surface area contributed by atoms with E-state index in [-0.39, 0.29) is 12.2 Å². The van der Waals surface area contributed by atoms with Gasteiger partial charge in [0.1, 0.15) is 12.4 Å². The summed E-state index contributed by atoms with van der Waals surface area (Å²) in [5.74, 6) is -1.35. The third-order valence-corrected chi connectivity index (χ3v) is 2.66. The molecule has 0 aliphatic heterocycles. The number of anilines is 1. The molecule has 0 saturated heterocycles. The first-order valence-corrected chi connectivity index (χ1v) is 5.84. The molecule has 0 unspecified atom stereocenters. The van der Waals surface area contributed by atoms with Crippen LogP contribution in [0.15, 0.2) is 42.5 Å². The van der Waals surface area contributed by atoms with Crippen LogP contribution in [0.1, 0.15) is 21.5 Å². The molecule has 0 atom stereocenters. The number of carbonyl (C=O) groups is 1. The zero-order chi connectivity index (χ0) is 13.8. The van der Waals surface area contributed by atoms with E-state index in [4.69, 9.17) is 10.5 Å². The Labute approximate surface area is 110 Å². The molecule has 0 spiro atoms. The molecule has 2 aromatic rings. The molecule has 0 radical (unpaired) electrons. The van der Waals surface area contributed by atoms with Crippen LogP contribution in [0.3, 0.4) is 0 Å². The van der Waals surface area contributed by atoms with Gasteiger partial charge in [0, 0.05) is 5.69 Å². The van der Waals surface area contributed by atoms with Crippen LogP contribution < -0.4 is 5.73 Å². The second-order valence-electron chi connectivity index (χ2n) is 4.30. The molecular weight excluding hydrogens is 245 g/mol. The van der Waals surface area contributed by atoms with Crippen molar-refractivity contribution in [1.29, 1.82) is 0 Å². The highest BCUT2D eigenvalue weighted by atomic mass is 19.1. The van der Waals surface area contributed by atoms with Gasteiger partial charge in [0.05, 0.1) is 5.56 Å². The van der Waals surface area contributed by atoms with Crippen LogP contribution in [0.4, 0.5) is 10.1 Å². The Balaban J connectivity index is 2.07. The molecule has 4 heteroatoms. The summed E-state index contributed by atoms with van der Waals surface area (Å²) in [6.45, 7) is 2.05. The van der Waals surface area contributed by atoms with Gasteiger partial charge in [0.2, 0.25) is 0 Å². The van der Waals surface area contributed by atoms with Gasteiger partial charge in [0.15, 0.2) is 0 Å². The van der Waals surface area contributed by atoms with E-state index in [1.807, 2.05) is 31.2 Å². The van der Waals surface area contributed by atoms with Gasteiger partial charge in [-0.15, -0.1) is 0 Å². The van der Waals surface area contributed by atoms with Crippen LogP contribution in [-0.2, 0) is 11.3 Å². The summed E-state index contributed by atoms with van der Waals surface area (Å²) in [5.41, 5.74) is 7.63. The lowest BCUT2D eigenvalue weighted by molar-refractivity contribution is 0.0467. The number of ether oxygens (including phenoxy) is 1. The number of halogens is 1. The summed E-state index contributed by atoms with van der Waals surface area (Å²) in [5, 5.41) is 0. The summed E-state index contributed by atoms with van der Waals surface area (Å²) < 4.78 is 18.5. The first kappa shape index (κ1) is 13.1. The molecule has 0 fully saturated rings. The van der Waals surface area contributed by atoms with Gasteiger partial charge in [-0.3, -0.25) is 0 Å². The van der Waals surface area contributed by atoms with Gasteiger partial charge in [-0.1, -0.05) is 29.8 Å². The van der Waals surface area contributed by atoms with Crippen molar-refractivity contribution in [2.45, 2.75) is 13.5 Å². The van der Waals surface area contributed by atoms with Crippen molar-refractivity contribution in [3.8, 4) is 0 Å². The second kappa shape index (κ2) is 5.52. The summed E-state index contributed by atoms with van der Waals surface area (Å²) in [6.07, 6.45) is 0. The maximum atomic E-state index is 13.5. The largest absolute Gasteiger partial charge is 0.457 e. The van der Waals surface area contributed by atoms with Crippen LogP contribution in [0.25, 0.3) is 0 Å². The first-order chi connectivity index (χ1) is 9.06. The number of nitrogens with two attached hydrogens (primary N) is 1. The number of rotatable bonds is 3. The highest BCUT2D eigenvalue weighted by Crippen LogP contribution is 2.14. The molecule has 98 valence electrons. The van der Waals surface area contributed by atoms with Crippen molar-refractivity contribution in [2.24, 2.45) is 0 Å². The Morgan fingerprint density at radius 1 is 1.26 bits per heavy atom. The van der Waals surface area contributed by atoms with Gasteiger partial charge in [0.25, 0.3) is 0 Å². The number of esters is 1. The van der Waals surface area contributed by atoms with Crippen LogP contribution in [0.2, 0.25) is 0 Å². The van der Waals surface area contributed by atoms with Crippen molar-refractivity contribution in [2.75, 3.05) is 5.73 Å². The van der Waals surface area contributed by atoms with E-state index in [1.54, 1.807) is 0 Å². The Bertz CT molecular complexity index is 611. The third-order valence-electron chi connectivity index (χ3n) is 2.66. The number of aryl methyl sites for hydroxylation is 1. The fraction of sp³-hybridized carbons (Fsp3) is 0.133. The van der Waals surface area contributed by atoms with E-state index in [0.29, 0.717) is 5.69 Å². The third kappa shape index (κ3) is 3.31. The summed E-state index contributed by atoms with van der Waals surface area (Å²) in [4.78, 5) is 11.8. The average molecular weight is 259 g/mol. The molecule has 0 amide bonds. The number of hydrogen-bond donors (Lipinski definition) is 1. The molecule has 0 saturated carbocycles. The van der Waals surface area contributed by atoms with Crippen LogP contribution in [0.5, 0.6) is 0 Å². The average Bonchev–Trinajstić information content (AvgIpc) is 2.39. The monoisotopic (exact) mass is 259 g/mol. The minimum absolute atomic E-state index is 0.106. The van der Waals surface area contributed by atoms with Crippen LogP contribution >= 0.6 is 0 Å². The van der Waals surface area contributed by atoms with Crippen molar-refractivity contribution in [3.63, 3.8) is 0 Å². The van der Waals surface area contributed by atoms with E-state index in [0.717, 1.165) is 17.2 Å². The topological polar surface area (TPSA) is 52.3 Å². The molecule has 0 bridgehead atoms. The molecule has 0 aromatic heterocycles. The lowest BCUT2D eigenvalue weighted by Crippen LogP contribution is -2.08. The van der Waals surface area contributed by atoms with Gasteiger partial charge in [-0.05, 0) is 30.7 Å². The maximum Gasteiger partial charge on any atom is 0.341 e. The Hall–Kier alpha value is -2.36. The molecule has 19 heavy (non-hydrogen) atoms. The zero-order valence-electron chi connectivity index (χ0n) is 10.5. The normalized spacial score (nSPS) is 10.2. The first-order valence-electron chi connectivity index (χ1n) is 5.84. The van der Waals surface area contributed by atoms with Gasteiger partial charge in [-0.25, -0.2) is 9.18 Å². The SMILES string of the molecule is Cc1cccc(COC(=O)c2cc(N)ccc2F)c1. The van der Waals surface area contributed by atoms with Crippen molar-refractivity contribution < 1.29 is 13.9 Å². The number of benzene rings is 2. The molecule has 2 N–H and O–H groups in total. The molecule has 3 nitrogen and oxygen atoms in total. The number of hydrogen-bond acceptors (Lipinski definition) is 3. The van der Waals surface area contributed by atoms with E-state index in [1.165, 1.54) is 12.1 Å². The quantitative estimate of drug-likeness (QED) is 0.680. The molecule has 0 heterocycles. The van der Waals surface area contributed by atoms with E-state index < -0.39 is 11.8 Å². The van der Waals surface area contributed by atoms with Crippen molar-refractivity contribution >= 4 is 11.7 Å². The van der Waals surface area contributed by atoms with Crippen molar-refractivity contribution in [1.82, 2.24) is 0 Å². The smallest absolute Gasteiger partial charge is 0.341 e. The molecule has 0 aliphatic rings. The fourth-order valence-electron chi connectivity index (χ4n) is 1.73. The standard InChI is InChI=1S/C15H14FNO2/c1-10-3-2-4-11(7-10)9-19-15(18)13-8-12(17)5-6-14(13)16/h2-8H,9,17H2,1H3. The van der Waals surface area contributed by atoms with E-state index >= 15 is 0 Å². The van der Waals surface area contributed by atoms with Gasteiger partial charge in [-0.2, -0.15) is 0 Å². The lowest BCUT2D eigenvalue weighted by atomic mass is 10.1. The van der Waals surface area contributed by atoms with Crippen LogP contribution in [-0.4, -0.2) is 5.97 Å². The lowest BCUT2D eigenvalue weighted by Gasteiger charge is -2.07. The Kier molecular flexibility index (Phi) is 3.80. The molecule has 0 aliphatic carbocycles. The molecule has 2 aromatic carbocycles. The van der Waals surface area contributed by atoms with Crippen molar-refractivity contribution in [3.05, 3.63) is 65.0 Å². The van der Waals surface area contributed by atoms with Gasteiger partial charge >= 0.3 is 5.97 Å². The summed E-state index contributed by atoms with van der Waals surface area (Å²) in [6, 6.07) is 11.4. The van der Waals surface area contributed by atoms with E-state index in [9.17, 15) is 9.18 Å². The molecular formula is C15H14FNO2. The Morgan fingerprint density at radius 3 is 2.79 bits per heavy atom. The fourth-order valence-corrected chi connectivity index (χ4v) is 1.73. The number of nitrogen functional groups attached to an aromatic ring is 1. The van der Waals surface area contributed by atoms with E-state index in [2.05, 4.69) is 0 Å². The minimum Gasteiger partial charge on any atom is -0.457 e. The highest BCUT2D eigenvalue weighted by Gasteiger charge is 2.13. The zero-order valence-corrected chi connectivity index (χ0v) is 10.5. The summed E-state index contributed by atoms with van der Waals surface area (Å²) >= 11 is 0. The highest BCUT2D eigenvalue weighted by molar-refractivity contribution is 5.90. The Morgan fingerprint density at radius 2 is 2.05 bits per heavy atom. The second-order valence-corrected chi connectivity index (χ2v) is 4.30. The molecule has 2 rings (SSSR count). The van der Waals surface area contributed by atoms with Crippen LogP contribution in [0, 0.1) is 12.7 Å². The minimum atomic E-state index is -0.716. The van der Waals surface area contributed by atoms with Gasteiger partial charge < -0.3 is 10.5 Å². The predicted octanol–water partition coefficient (Wildman–Crippen LogP) is 3.07. The summed E-state index contributed by atoms with van der Waals surface area (Å²) in [7, 11) is 0. The predicted molar refractivity (Wildman–Crippen MR) is 71.1 cm³/mol. The number of carbonyl (C=O) groups excluding carboxylic acids is 1.